The lowest BCUT2D eigenvalue weighted by Gasteiger charge is -1.99. The number of rotatable bonds is 1. The molecule has 2 aromatic heterocycles. The van der Waals surface area contributed by atoms with Crippen molar-refractivity contribution in [2.24, 2.45) is 12.8 Å². The first-order chi connectivity index (χ1) is 6.59. The molecule has 6 heteroatoms. The van der Waals surface area contributed by atoms with Gasteiger partial charge in [-0.1, -0.05) is 0 Å². The molecule has 0 bridgehead atoms. The number of primary amides is 1. The standard InChI is InChI=1S/C8H9N5O/c1-4-5-3-10-13(2)8(5)12-7(11-4)6(9)14/h3H,1-2H3,(H2,9,14). The van der Waals surface area contributed by atoms with Crippen molar-refractivity contribution in [1.82, 2.24) is 19.7 Å². The van der Waals surface area contributed by atoms with E-state index in [1.165, 1.54) is 0 Å². The zero-order chi connectivity index (χ0) is 10.3. The van der Waals surface area contributed by atoms with Crippen LogP contribution in [0.1, 0.15) is 16.3 Å². The summed E-state index contributed by atoms with van der Waals surface area (Å²) >= 11 is 0. The summed E-state index contributed by atoms with van der Waals surface area (Å²) in [6, 6.07) is 0. The molecule has 6 nitrogen and oxygen atoms in total. The predicted octanol–water partition coefficient (Wildman–Crippen LogP) is -0.229. The number of carbonyl (C=O) groups excluding carboxylic acids is 1. The molecule has 0 unspecified atom stereocenters. The van der Waals surface area contributed by atoms with Crippen LogP contribution in [0.5, 0.6) is 0 Å². The molecule has 0 aliphatic carbocycles. The van der Waals surface area contributed by atoms with Crippen LogP contribution >= 0.6 is 0 Å². The molecule has 0 aromatic carbocycles. The molecular weight excluding hydrogens is 182 g/mol. The summed E-state index contributed by atoms with van der Waals surface area (Å²) in [5.74, 6) is -0.602. The molecule has 0 aliphatic rings. The van der Waals surface area contributed by atoms with Crippen molar-refractivity contribution in [3.63, 3.8) is 0 Å². The first-order valence-corrected chi connectivity index (χ1v) is 4.05. The van der Waals surface area contributed by atoms with E-state index >= 15 is 0 Å². The van der Waals surface area contributed by atoms with Crippen LogP contribution in [0.3, 0.4) is 0 Å². The maximum Gasteiger partial charge on any atom is 0.286 e. The second kappa shape index (κ2) is 2.76. The van der Waals surface area contributed by atoms with Crippen molar-refractivity contribution in [2.75, 3.05) is 0 Å². The number of fused-ring (bicyclic) bond motifs is 1. The van der Waals surface area contributed by atoms with Gasteiger partial charge in [-0.2, -0.15) is 5.10 Å². The Bertz CT molecular complexity index is 516. The Hall–Kier alpha value is -1.98. The molecule has 72 valence electrons. The van der Waals surface area contributed by atoms with E-state index in [0.29, 0.717) is 11.3 Å². The van der Waals surface area contributed by atoms with Gasteiger partial charge in [-0.3, -0.25) is 9.48 Å². The van der Waals surface area contributed by atoms with Gasteiger partial charge in [0.05, 0.1) is 17.3 Å². The fourth-order valence-electron chi connectivity index (χ4n) is 1.27. The van der Waals surface area contributed by atoms with E-state index in [9.17, 15) is 4.79 Å². The molecule has 0 saturated carbocycles. The first-order valence-electron chi connectivity index (χ1n) is 4.05. The number of amides is 1. The number of nitrogens with two attached hydrogens (primary N) is 1. The summed E-state index contributed by atoms with van der Waals surface area (Å²) in [6.45, 7) is 1.79. The van der Waals surface area contributed by atoms with E-state index in [4.69, 9.17) is 5.73 Å². The van der Waals surface area contributed by atoms with Crippen LogP contribution in [0.15, 0.2) is 6.20 Å². The quantitative estimate of drug-likeness (QED) is 0.674. The highest BCUT2D eigenvalue weighted by Gasteiger charge is 2.11. The minimum atomic E-state index is -0.629. The summed E-state index contributed by atoms with van der Waals surface area (Å²) in [5, 5.41) is 4.85. The molecule has 1 amide bonds. The second-order valence-corrected chi connectivity index (χ2v) is 3.00. The molecule has 0 aliphatic heterocycles. The Kier molecular flexibility index (Phi) is 1.70. The zero-order valence-electron chi connectivity index (χ0n) is 7.85. The van der Waals surface area contributed by atoms with Crippen molar-refractivity contribution in [1.29, 1.82) is 0 Å². The summed E-state index contributed by atoms with van der Waals surface area (Å²) in [4.78, 5) is 18.9. The summed E-state index contributed by atoms with van der Waals surface area (Å²) in [5.41, 5.74) is 6.42. The number of aromatic nitrogens is 4. The molecule has 0 radical (unpaired) electrons. The average Bonchev–Trinajstić information content (AvgIpc) is 2.48. The lowest BCUT2D eigenvalue weighted by atomic mass is 10.3. The third-order valence-corrected chi connectivity index (χ3v) is 2.00. The third-order valence-electron chi connectivity index (χ3n) is 2.00. The normalized spacial score (nSPS) is 10.7. The lowest BCUT2D eigenvalue weighted by molar-refractivity contribution is 0.0990. The summed E-state index contributed by atoms with van der Waals surface area (Å²) in [7, 11) is 1.75. The Morgan fingerprint density at radius 3 is 2.86 bits per heavy atom. The fourth-order valence-corrected chi connectivity index (χ4v) is 1.27. The van der Waals surface area contributed by atoms with Gasteiger partial charge in [0.1, 0.15) is 0 Å². The predicted molar refractivity (Wildman–Crippen MR) is 49.6 cm³/mol. The number of carbonyl (C=O) groups is 1. The molecule has 2 N–H and O–H groups in total. The Balaban J connectivity index is 2.82. The van der Waals surface area contributed by atoms with E-state index in [2.05, 4.69) is 15.1 Å². The fraction of sp³-hybridized carbons (Fsp3) is 0.250. The third kappa shape index (κ3) is 1.12. The maximum absolute atomic E-state index is 10.9. The van der Waals surface area contributed by atoms with Gasteiger partial charge in [0, 0.05) is 7.05 Å². The van der Waals surface area contributed by atoms with Gasteiger partial charge in [-0.05, 0) is 6.92 Å². The molecule has 2 heterocycles. The minimum Gasteiger partial charge on any atom is -0.363 e. The second-order valence-electron chi connectivity index (χ2n) is 3.00. The molecule has 0 atom stereocenters. The summed E-state index contributed by atoms with van der Waals surface area (Å²) in [6.07, 6.45) is 1.66. The van der Waals surface area contributed by atoms with Crippen molar-refractivity contribution in [3.05, 3.63) is 17.7 Å². The van der Waals surface area contributed by atoms with Crippen LogP contribution < -0.4 is 5.73 Å². The smallest absolute Gasteiger partial charge is 0.286 e. The first kappa shape index (κ1) is 8.61. The highest BCUT2D eigenvalue weighted by Crippen LogP contribution is 2.13. The largest absolute Gasteiger partial charge is 0.363 e. The van der Waals surface area contributed by atoms with E-state index in [-0.39, 0.29) is 5.82 Å². The number of hydrogen-bond donors (Lipinski definition) is 1. The van der Waals surface area contributed by atoms with Gasteiger partial charge in [0.2, 0.25) is 5.82 Å². The average molecular weight is 191 g/mol. The number of hydrogen-bond acceptors (Lipinski definition) is 4. The van der Waals surface area contributed by atoms with E-state index < -0.39 is 5.91 Å². The molecule has 2 aromatic rings. The van der Waals surface area contributed by atoms with Crippen LogP contribution in [-0.4, -0.2) is 25.7 Å². The molecule has 2 rings (SSSR count). The van der Waals surface area contributed by atoms with Gasteiger partial charge in [0.15, 0.2) is 5.65 Å². The van der Waals surface area contributed by atoms with Crippen LogP contribution in [0.4, 0.5) is 0 Å². The monoisotopic (exact) mass is 191 g/mol. The zero-order valence-corrected chi connectivity index (χ0v) is 7.85. The van der Waals surface area contributed by atoms with E-state index in [0.717, 1.165) is 5.39 Å². The van der Waals surface area contributed by atoms with Crippen LogP contribution in [0, 0.1) is 6.92 Å². The molecule has 14 heavy (non-hydrogen) atoms. The van der Waals surface area contributed by atoms with E-state index in [1.807, 2.05) is 0 Å². The van der Waals surface area contributed by atoms with Gasteiger partial charge in [-0.15, -0.1) is 0 Å². The highest BCUT2D eigenvalue weighted by atomic mass is 16.1. The van der Waals surface area contributed by atoms with Gasteiger partial charge in [0.25, 0.3) is 5.91 Å². The molecule has 0 fully saturated rings. The van der Waals surface area contributed by atoms with Crippen LogP contribution in [0.25, 0.3) is 11.0 Å². The van der Waals surface area contributed by atoms with Crippen molar-refractivity contribution < 1.29 is 4.79 Å². The Morgan fingerprint density at radius 2 is 2.21 bits per heavy atom. The summed E-state index contributed by atoms with van der Waals surface area (Å²) < 4.78 is 1.58. The topological polar surface area (TPSA) is 86.7 Å². The van der Waals surface area contributed by atoms with Crippen molar-refractivity contribution >= 4 is 16.9 Å². The van der Waals surface area contributed by atoms with Gasteiger partial charge >= 0.3 is 0 Å². The minimum absolute atomic E-state index is 0.0265. The SMILES string of the molecule is Cc1nc(C(N)=O)nc2c1cnn2C. The Morgan fingerprint density at radius 1 is 1.50 bits per heavy atom. The Labute approximate surface area is 79.8 Å². The molecule has 0 spiro atoms. The van der Waals surface area contributed by atoms with Crippen molar-refractivity contribution in [3.8, 4) is 0 Å². The molecule has 0 saturated heterocycles. The van der Waals surface area contributed by atoms with E-state index in [1.54, 1.807) is 24.9 Å². The lowest BCUT2D eigenvalue weighted by Crippen LogP contribution is -2.16. The highest BCUT2D eigenvalue weighted by molar-refractivity contribution is 5.91. The van der Waals surface area contributed by atoms with Gasteiger partial charge < -0.3 is 5.73 Å². The van der Waals surface area contributed by atoms with Crippen LogP contribution in [0.2, 0.25) is 0 Å². The number of nitrogens with zero attached hydrogens (tertiary/aromatic N) is 4. The molecular formula is C8H9N5O. The maximum atomic E-state index is 10.9. The van der Waals surface area contributed by atoms with Crippen molar-refractivity contribution in [2.45, 2.75) is 6.92 Å². The number of aryl methyl sites for hydroxylation is 2. The van der Waals surface area contributed by atoms with Gasteiger partial charge in [-0.25, -0.2) is 9.97 Å². The van der Waals surface area contributed by atoms with Crippen LogP contribution in [-0.2, 0) is 7.05 Å².